The second-order valence-electron chi connectivity index (χ2n) is 3.98. The number of benzene rings is 2. The summed E-state index contributed by atoms with van der Waals surface area (Å²) >= 11 is 0. The van der Waals surface area contributed by atoms with E-state index in [1.54, 1.807) is 19.1 Å². The van der Waals surface area contributed by atoms with Crippen LogP contribution >= 0.6 is 0 Å². The smallest absolute Gasteiger partial charge is 0.342 e. The van der Waals surface area contributed by atoms with Crippen molar-refractivity contribution in [2.24, 2.45) is 0 Å². The van der Waals surface area contributed by atoms with Gasteiger partial charge in [-0.25, -0.2) is 4.79 Å². The Hall–Kier alpha value is -1.67. The molecular weight excluding hydrogens is 294 g/mol. The Labute approximate surface area is 125 Å². The fraction of sp³-hybridized carbons (Fsp3) is 0.133. The van der Waals surface area contributed by atoms with Crippen molar-refractivity contribution < 1.29 is 34.1 Å². The molecule has 0 aromatic heterocycles. The van der Waals surface area contributed by atoms with Crippen molar-refractivity contribution in [3.05, 3.63) is 65.7 Å². The summed E-state index contributed by atoms with van der Waals surface area (Å²) in [5.41, 5.74) is 1.10. The van der Waals surface area contributed by atoms with E-state index in [0.717, 1.165) is 5.56 Å². The molecule has 3 nitrogen and oxygen atoms in total. The number of phenolic OH excluding ortho intramolecular Hbond substituents is 1. The van der Waals surface area contributed by atoms with Gasteiger partial charge in [0.25, 0.3) is 0 Å². The van der Waals surface area contributed by atoms with E-state index >= 15 is 0 Å². The number of carbonyl (C=O) groups excluding carboxylic acids is 1. The summed E-state index contributed by atoms with van der Waals surface area (Å²) in [6.07, 6.45) is -0.349. The first-order valence-electron chi connectivity index (χ1n) is 5.72. The van der Waals surface area contributed by atoms with E-state index in [4.69, 9.17) is 4.74 Å². The molecule has 0 aliphatic heterocycles. The van der Waals surface area contributed by atoms with E-state index in [9.17, 15) is 9.90 Å². The van der Waals surface area contributed by atoms with Crippen molar-refractivity contribution in [1.29, 1.82) is 0 Å². The molecule has 2 rings (SSSR count). The molecule has 0 aliphatic rings. The van der Waals surface area contributed by atoms with Crippen LogP contribution in [0.15, 0.2) is 54.6 Å². The van der Waals surface area contributed by atoms with Crippen molar-refractivity contribution in [2.45, 2.75) is 13.0 Å². The zero-order chi connectivity index (χ0) is 13.0. The molecule has 0 heterocycles. The molecule has 0 aliphatic carbocycles. The molecule has 19 heavy (non-hydrogen) atoms. The maximum absolute atomic E-state index is 11.9. The molecule has 0 saturated carbocycles. The van der Waals surface area contributed by atoms with Crippen LogP contribution in [0.3, 0.4) is 0 Å². The minimum Gasteiger partial charge on any atom is -0.507 e. The maximum atomic E-state index is 11.9. The van der Waals surface area contributed by atoms with E-state index in [1.165, 1.54) is 12.1 Å². The maximum Gasteiger partial charge on any atom is 0.342 e. The van der Waals surface area contributed by atoms with E-state index in [-0.39, 0.29) is 36.9 Å². The summed E-state index contributed by atoms with van der Waals surface area (Å²) in [4.78, 5) is 11.9. The van der Waals surface area contributed by atoms with Crippen LogP contribution in [0, 0.1) is 0 Å². The number of para-hydroxylation sites is 1. The molecule has 0 radical (unpaired) electrons. The van der Waals surface area contributed by atoms with Gasteiger partial charge in [-0.15, -0.1) is 0 Å². The summed E-state index contributed by atoms with van der Waals surface area (Å²) < 4.78 is 5.30. The Morgan fingerprint density at radius 2 is 1.63 bits per heavy atom. The minimum atomic E-state index is -0.524. The van der Waals surface area contributed by atoms with Gasteiger partial charge in [-0.3, -0.25) is 0 Å². The van der Waals surface area contributed by atoms with Gasteiger partial charge in [0, 0.05) is 19.5 Å². The van der Waals surface area contributed by atoms with Crippen LogP contribution < -0.4 is 0 Å². The molecule has 1 atom stereocenters. The third kappa shape index (κ3) is 3.90. The van der Waals surface area contributed by atoms with Gasteiger partial charge in [0.2, 0.25) is 0 Å². The molecular formula is C15H14O3Zn. The Bertz CT molecular complexity index is 540. The number of hydrogen-bond acceptors (Lipinski definition) is 3. The summed E-state index contributed by atoms with van der Waals surface area (Å²) in [6.45, 7) is 1.80. The number of esters is 1. The fourth-order valence-corrected chi connectivity index (χ4v) is 1.66. The number of aromatic hydroxyl groups is 1. The molecule has 2 aromatic rings. The van der Waals surface area contributed by atoms with E-state index in [0.29, 0.717) is 0 Å². The van der Waals surface area contributed by atoms with Gasteiger partial charge in [-0.1, -0.05) is 42.5 Å². The average Bonchev–Trinajstić information content (AvgIpc) is 2.40. The molecule has 0 saturated heterocycles. The summed E-state index contributed by atoms with van der Waals surface area (Å²) in [5.74, 6) is -0.591. The van der Waals surface area contributed by atoms with Crippen LogP contribution in [0.5, 0.6) is 5.75 Å². The second-order valence-corrected chi connectivity index (χ2v) is 3.98. The second kappa shape index (κ2) is 7.05. The monoisotopic (exact) mass is 306 g/mol. The van der Waals surface area contributed by atoms with Gasteiger partial charge >= 0.3 is 5.97 Å². The van der Waals surface area contributed by atoms with Gasteiger partial charge in [0.1, 0.15) is 17.4 Å². The SMILES string of the molecule is CC(OC(=O)c1ccccc1O)c1ccccc1.[Zn]. The summed E-state index contributed by atoms with van der Waals surface area (Å²) in [7, 11) is 0. The Kier molecular flexibility index (Phi) is 5.71. The molecule has 0 bridgehead atoms. The Morgan fingerprint density at radius 1 is 1.05 bits per heavy atom. The molecule has 1 unspecified atom stereocenters. The molecule has 2 aromatic carbocycles. The third-order valence-corrected chi connectivity index (χ3v) is 2.68. The van der Waals surface area contributed by atoms with Crippen LogP contribution in [0.1, 0.15) is 28.9 Å². The number of hydrogen-bond donors (Lipinski definition) is 1. The topological polar surface area (TPSA) is 46.5 Å². The quantitative estimate of drug-likeness (QED) is 0.699. The Morgan fingerprint density at radius 3 is 2.26 bits per heavy atom. The molecule has 0 spiro atoms. The number of rotatable bonds is 3. The zero-order valence-corrected chi connectivity index (χ0v) is 13.7. The van der Waals surface area contributed by atoms with E-state index in [1.807, 2.05) is 30.3 Å². The van der Waals surface area contributed by atoms with Crippen LogP contribution in [-0.2, 0) is 24.2 Å². The van der Waals surface area contributed by atoms with Crippen LogP contribution in [0.25, 0.3) is 0 Å². The first kappa shape index (κ1) is 15.4. The van der Waals surface area contributed by atoms with E-state index < -0.39 is 5.97 Å². The summed E-state index contributed by atoms with van der Waals surface area (Å²) in [6, 6.07) is 15.8. The van der Waals surface area contributed by atoms with Crippen molar-refractivity contribution in [3.8, 4) is 5.75 Å². The summed E-state index contributed by atoms with van der Waals surface area (Å²) in [5, 5.41) is 9.56. The molecule has 94 valence electrons. The first-order chi connectivity index (χ1) is 8.68. The predicted molar refractivity (Wildman–Crippen MR) is 68.4 cm³/mol. The van der Waals surface area contributed by atoms with Gasteiger partial charge in [0.05, 0.1) is 0 Å². The third-order valence-electron chi connectivity index (χ3n) is 2.68. The standard InChI is InChI=1S/C15H14O3.Zn/c1-11(12-7-3-2-4-8-12)18-15(17)13-9-5-6-10-14(13)16;/h2-11,16H,1H3;. The van der Waals surface area contributed by atoms with E-state index in [2.05, 4.69) is 0 Å². The van der Waals surface area contributed by atoms with Crippen LogP contribution in [0.4, 0.5) is 0 Å². The van der Waals surface area contributed by atoms with Gasteiger partial charge in [0.15, 0.2) is 0 Å². The number of carbonyl (C=O) groups is 1. The van der Waals surface area contributed by atoms with Crippen molar-refractivity contribution in [1.82, 2.24) is 0 Å². The number of ether oxygens (including phenoxy) is 1. The van der Waals surface area contributed by atoms with Crippen LogP contribution in [0.2, 0.25) is 0 Å². The number of phenols is 1. The largest absolute Gasteiger partial charge is 0.507 e. The fourth-order valence-electron chi connectivity index (χ4n) is 1.66. The molecule has 1 N–H and O–H groups in total. The van der Waals surface area contributed by atoms with Gasteiger partial charge in [-0.05, 0) is 24.6 Å². The molecule has 4 heteroatoms. The minimum absolute atomic E-state index is 0. The normalized spacial score (nSPS) is 11.2. The predicted octanol–water partition coefficient (Wildman–Crippen LogP) is 3.31. The molecule has 0 amide bonds. The zero-order valence-electron chi connectivity index (χ0n) is 10.7. The van der Waals surface area contributed by atoms with Crippen molar-refractivity contribution in [3.63, 3.8) is 0 Å². The molecule has 0 fully saturated rings. The average molecular weight is 308 g/mol. The first-order valence-corrected chi connectivity index (χ1v) is 5.72. The van der Waals surface area contributed by atoms with Crippen LogP contribution in [-0.4, -0.2) is 11.1 Å². The van der Waals surface area contributed by atoms with Gasteiger partial charge in [-0.2, -0.15) is 0 Å². The Balaban J connectivity index is 0.00000180. The van der Waals surface area contributed by atoms with Gasteiger partial charge < -0.3 is 9.84 Å². The van der Waals surface area contributed by atoms with Crippen molar-refractivity contribution >= 4 is 5.97 Å². The van der Waals surface area contributed by atoms with Crippen molar-refractivity contribution in [2.75, 3.05) is 0 Å².